The van der Waals surface area contributed by atoms with Crippen LogP contribution >= 0.6 is 0 Å². The molecule has 3 heterocycles. The van der Waals surface area contributed by atoms with Gasteiger partial charge < -0.3 is 23.4 Å². The summed E-state index contributed by atoms with van der Waals surface area (Å²) < 4.78 is 28.4. The van der Waals surface area contributed by atoms with Crippen molar-refractivity contribution in [3.63, 3.8) is 0 Å². The fourth-order valence-corrected chi connectivity index (χ4v) is 4.67. The number of hydrogen-bond donors (Lipinski definition) is 0. The summed E-state index contributed by atoms with van der Waals surface area (Å²) in [5, 5.41) is 12.4. The number of aliphatic imine (C=N–C) groups is 1. The van der Waals surface area contributed by atoms with Crippen LogP contribution in [-0.4, -0.2) is 19.8 Å². The van der Waals surface area contributed by atoms with Gasteiger partial charge >= 0.3 is 0 Å². The Morgan fingerprint density at radius 2 is 1.41 bits per heavy atom. The van der Waals surface area contributed by atoms with Gasteiger partial charge in [0.1, 0.15) is 17.4 Å². The molecule has 7 nitrogen and oxygen atoms in total. The fourth-order valence-electron chi connectivity index (χ4n) is 4.67. The highest BCUT2D eigenvalue weighted by Crippen LogP contribution is 2.47. The van der Waals surface area contributed by atoms with E-state index in [0.29, 0.717) is 39.9 Å². The number of hydrogen-bond acceptors (Lipinski definition) is 7. The van der Waals surface area contributed by atoms with Crippen molar-refractivity contribution in [2.45, 2.75) is 0 Å². The van der Waals surface area contributed by atoms with E-state index in [-0.39, 0.29) is 19.5 Å². The van der Waals surface area contributed by atoms with Crippen LogP contribution in [0.3, 0.4) is 0 Å². The van der Waals surface area contributed by atoms with E-state index in [4.69, 9.17) is 23.4 Å². The minimum absolute atomic E-state index is 0.158. The zero-order chi connectivity index (χ0) is 24.8. The first-order valence-electron chi connectivity index (χ1n) is 11.7. The second-order valence-electron chi connectivity index (χ2n) is 8.56. The van der Waals surface area contributed by atoms with Crippen LogP contribution in [0.25, 0.3) is 33.2 Å². The van der Waals surface area contributed by atoms with Gasteiger partial charge in [-0.05, 0) is 46.7 Å². The van der Waals surface area contributed by atoms with Crippen molar-refractivity contribution in [3.05, 3.63) is 90.0 Å². The monoisotopic (exact) mass is 486 g/mol. The summed E-state index contributed by atoms with van der Waals surface area (Å²) in [5.74, 6) is 3.26. The van der Waals surface area contributed by atoms with Crippen molar-refractivity contribution in [1.82, 2.24) is 0 Å². The van der Waals surface area contributed by atoms with Crippen molar-refractivity contribution < 1.29 is 23.4 Å². The minimum Gasteiger partial charge on any atom is -0.454 e. The third-order valence-electron chi connectivity index (χ3n) is 6.44. The highest BCUT2D eigenvalue weighted by Gasteiger charge is 2.26. The van der Waals surface area contributed by atoms with Gasteiger partial charge in [0.15, 0.2) is 23.0 Å². The Kier molecular flexibility index (Phi) is 4.83. The topological polar surface area (TPSA) is 86.2 Å². The lowest BCUT2D eigenvalue weighted by atomic mass is 9.97. The lowest BCUT2D eigenvalue weighted by molar-refractivity contribution is 0.173. The van der Waals surface area contributed by atoms with Crippen LogP contribution in [0.5, 0.6) is 23.0 Å². The summed E-state index contributed by atoms with van der Waals surface area (Å²) in [6.07, 6.45) is 1.73. The number of nitriles is 1. The van der Waals surface area contributed by atoms with E-state index in [1.165, 1.54) is 0 Å². The molecular formula is C30H18N2O5. The van der Waals surface area contributed by atoms with Crippen LogP contribution in [-0.2, 0) is 0 Å². The Bertz CT molecular complexity index is 1760. The van der Waals surface area contributed by atoms with E-state index in [0.717, 1.165) is 27.5 Å². The predicted molar refractivity (Wildman–Crippen MR) is 138 cm³/mol. The molecule has 2 aliphatic rings. The molecule has 37 heavy (non-hydrogen) atoms. The Labute approximate surface area is 211 Å². The molecule has 0 amide bonds. The molecule has 2 aliphatic heterocycles. The summed E-state index contributed by atoms with van der Waals surface area (Å²) in [4.78, 5) is 4.65. The molecule has 0 atom stereocenters. The van der Waals surface area contributed by atoms with Crippen molar-refractivity contribution in [3.8, 4) is 51.5 Å². The number of nitrogens with zero attached hydrogens (tertiary/aromatic N) is 2. The van der Waals surface area contributed by atoms with Gasteiger partial charge in [0, 0.05) is 22.9 Å². The maximum absolute atomic E-state index is 10.3. The summed E-state index contributed by atoms with van der Waals surface area (Å²) in [5.41, 5.74) is 3.35. The van der Waals surface area contributed by atoms with Crippen molar-refractivity contribution >= 4 is 22.9 Å². The fraction of sp³-hybridized carbons (Fsp3) is 0.0667. The molecule has 0 aliphatic carbocycles. The molecule has 0 radical (unpaired) electrons. The van der Waals surface area contributed by atoms with E-state index in [1.54, 1.807) is 6.21 Å². The van der Waals surface area contributed by atoms with Gasteiger partial charge in [-0.2, -0.15) is 5.26 Å². The molecule has 0 fully saturated rings. The van der Waals surface area contributed by atoms with Gasteiger partial charge in [0.2, 0.25) is 19.5 Å². The van der Waals surface area contributed by atoms with Crippen LogP contribution in [0.2, 0.25) is 0 Å². The number of benzene rings is 4. The van der Waals surface area contributed by atoms with Crippen LogP contribution in [0.4, 0.5) is 5.88 Å². The molecule has 0 N–H and O–H groups in total. The quantitative estimate of drug-likeness (QED) is 0.258. The molecular weight excluding hydrogens is 468 g/mol. The van der Waals surface area contributed by atoms with Gasteiger partial charge in [0.25, 0.3) is 0 Å². The Morgan fingerprint density at radius 3 is 2.19 bits per heavy atom. The van der Waals surface area contributed by atoms with Gasteiger partial charge in [-0.1, -0.05) is 48.5 Å². The molecule has 1 aromatic heterocycles. The number of furan rings is 1. The third kappa shape index (κ3) is 3.55. The first-order chi connectivity index (χ1) is 18.3. The molecule has 0 saturated carbocycles. The van der Waals surface area contributed by atoms with Gasteiger partial charge in [-0.15, -0.1) is 0 Å². The summed E-state index contributed by atoms with van der Waals surface area (Å²) in [6.45, 7) is 0.320. The third-order valence-corrected chi connectivity index (χ3v) is 6.44. The van der Waals surface area contributed by atoms with Crippen molar-refractivity contribution in [2.24, 2.45) is 4.99 Å². The van der Waals surface area contributed by atoms with Crippen LogP contribution < -0.4 is 18.9 Å². The van der Waals surface area contributed by atoms with E-state index >= 15 is 0 Å². The van der Waals surface area contributed by atoms with Crippen molar-refractivity contribution in [1.29, 1.82) is 5.26 Å². The van der Waals surface area contributed by atoms with Crippen LogP contribution in [0, 0.1) is 11.3 Å². The van der Waals surface area contributed by atoms with E-state index in [2.05, 4.69) is 23.2 Å². The number of ether oxygens (including phenoxy) is 4. The lowest BCUT2D eigenvalue weighted by Crippen LogP contribution is -1.93. The van der Waals surface area contributed by atoms with Gasteiger partial charge in [0.05, 0.1) is 0 Å². The van der Waals surface area contributed by atoms with E-state index in [9.17, 15) is 5.26 Å². The molecule has 5 aromatic rings. The zero-order valence-corrected chi connectivity index (χ0v) is 19.4. The normalized spacial score (nSPS) is 13.4. The molecule has 0 spiro atoms. The first kappa shape index (κ1) is 21.1. The highest BCUT2D eigenvalue weighted by atomic mass is 16.7. The second kappa shape index (κ2) is 8.47. The molecule has 0 unspecified atom stereocenters. The standard InChI is InChI=1S/C30H18N2O5/c31-14-23-28(19-8-10-24-26(12-19)35-16-33-24)29(20-9-11-25-27(13-20)36-17-34-25)37-30(23)32-15-21-6-3-5-18-4-1-2-7-22(18)21/h1-13,15H,16-17H2. The van der Waals surface area contributed by atoms with E-state index in [1.807, 2.05) is 66.7 Å². The van der Waals surface area contributed by atoms with E-state index < -0.39 is 0 Å². The maximum Gasteiger partial charge on any atom is 0.238 e. The smallest absolute Gasteiger partial charge is 0.238 e. The van der Waals surface area contributed by atoms with Crippen molar-refractivity contribution in [2.75, 3.05) is 13.6 Å². The average Bonchev–Trinajstić information content (AvgIpc) is 3.69. The summed E-state index contributed by atoms with van der Waals surface area (Å²) in [7, 11) is 0. The summed E-state index contributed by atoms with van der Waals surface area (Å²) >= 11 is 0. The highest BCUT2D eigenvalue weighted by molar-refractivity contribution is 6.01. The largest absolute Gasteiger partial charge is 0.454 e. The molecule has 7 heteroatoms. The second-order valence-corrected chi connectivity index (χ2v) is 8.56. The molecule has 4 aromatic carbocycles. The Morgan fingerprint density at radius 1 is 0.730 bits per heavy atom. The molecule has 0 bridgehead atoms. The predicted octanol–water partition coefficient (Wildman–Crippen LogP) is 6.85. The summed E-state index contributed by atoms with van der Waals surface area (Å²) in [6, 6.07) is 27.5. The van der Waals surface area contributed by atoms with Crippen LogP contribution in [0.15, 0.2) is 88.3 Å². The minimum atomic E-state index is 0.158. The maximum atomic E-state index is 10.3. The first-order valence-corrected chi connectivity index (χ1v) is 11.7. The molecule has 7 rings (SSSR count). The van der Waals surface area contributed by atoms with Crippen LogP contribution in [0.1, 0.15) is 11.1 Å². The zero-order valence-electron chi connectivity index (χ0n) is 19.4. The Hall–Kier alpha value is -5.22. The SMILES string of the molecule is N#Cc1c(N=Cc2cccc3ccccc23)oc(-c2ccc3c(c2)OCO3)c1-c1ccc2c(c1)OCO2. The van der Waals surface area contributed by atoms with Gasteiger partial charge in [-0.25, -0.2) is 4.99 Å². The average molecular weight is 486 g/mol. The molecule has 178 valence electrons. The number of fused-ring (bicyclic) bond motifs is 3. The van der Waals surface area contributed by atoms with Gasteiger partial charge in [-0.3, -0.25) is 0 Å². The lowest BCUT2D eigenvalue weighted by Gasteiger charge is -2.06. The molecule has 0 saturated heterocycles. The number of rotatable bonds is 4. The Balaban J connectivity index is 1.41.